The number of phenols is 2. The van der Waals surface area contributed by atoms with E-state index in [1.54, 1.807) is 18.2 Å². The number of hydrogen-bond acceptors (Lipinski definition) is 3. The van der Waals surface area contributed by atoms with Crippen LogP contribution in [0.1, 0.15) is 18.9 Å². The van der Waals surface area contributed by atoms with Crippen LogP contribution in [0.3, 0.4) is 0 Å². The molecule has 0 radical (unpaired) electrons. The topological polar surface area (TPSA) is 98.0 Å². The first kappa shape index (κ1) is 16.4. The molecule has 0 aliphatic rings. The fraction of sp³-hybridized carbons (Fsp3) is 0.188. The van der Waals surface area contributed by atoms with Crippen molar-refractivity contribution in [2.75, 3.05) is 0 Å². The maximum atomic E-state index is 9.52. The first-order valence-corrected chi connectivity index (χ1v) is 6.47. The smallest absolute Gasteiger partial charge is 0.503 e. The van der Waals surface area contributed by atoms with Gasteiger partial charge in [0.2, 0.25) is 0 Å². The Morgan fingerprint density at radius 1 is 0.952 bits per heavy atom. The van der Waals surface area contributed by atoms with Crippen molar-refractivity contribution in [1.82, 2.24) is 0 Å². The highest BCUT2D eigenvalue weighted by atomic mass is 16.6. The number of aryl methyl sites for hydroxylation is 1. The molecule has 0 aromatic heterocycles. The van der Waals surface area contributed by atoms with Crippen LogP contribution in [0, 0.1) is 0 Å². The van der Waals surface area contributed by atoms with E-state index in [9.17, 15) is 10.2 Å². The molecule has 2 rings (SSSR count). The fourth-order valence-electron chi connectivity index (χ4n) is 1.98. The highest BCUT2D eigenvalue weighted by molar-refractivity contribution is 5.69. The highest BCUT2D eigenvalue weighted by Crippen LogP contribution is 2.29. The standard InChI is InChI=1S/C15H16O2.CH2O3/c1-2-3-12-10-14(17)8-9-15(12)11-4-6-13(16)7-5-11;2-1(3)4/h4-10,16-17H,2-3H2,1H3;(H2,2,3,4). The molecule has 0 aliphatic heterocycles. The van der Waals surface area contributed by atoms with Crippen LogP contribution >= 0.6 is 0 Å². The molecule has 2 aromatic rings. The Bertz CT molecular complexity index is 586. The monoisotopic (exact) mass is 290 g/mol. The molecule has 2 aromatic carbocycles. The summed E-state index contributed by atoms with van der Waals surface area (Å²) in [6.45, 7) is 2.12. The van der Waals surface area contributed by atoms with E-state index in [1.807, 2.05) is 24.3 Å². The minimum Gasteiger partial charge on any atom is -0.508 e. The summed E-state index contributed by atoms with van der Waals surface area (Å²) in [6, 6.07) is 12.6. The third kappa shape index (κ3) is 5.44. The van der Waals surface area contributed by atoms with Crippen molar-refractivity contribution in [2.45, 2.75) is 19.8 Å². The average Bonchev–Trinajstić information content (AvgIpc) is 2.40. The highest BCUT2D eigenvalue weighted by Gasteiger charge is 2.05. The van der Waals surface area contributed by atoms with Crippen molar-refractivity contribution < 1.29 is 25.2 Å². The van der Waals surface area contributed by atoms with E-state index >= 15 is 0 Å². The summed E-state index contributed by atoms with van der Waals surface area (Å²) < 4.78 is 0. The summed E-state index contributed by atoms with van der Waals surface area (Å²) in [6.07, 6.45) is 0.138. The Hall–Kier alpha value is -2.69. The van der Waals surface area contributed by atoms with E-state index in [0.717, 1.165) is 29.5 Å². The lowest BCUT2D eigenvalue weighted by Crippen LogP contribution is -1.89. The fourth-order valence-corrected chi connectivity index (χ4v) is 1.98. The van der Waals surface area contributed by atoms with Gasteiger partial charge in [-0.1, -0.05) is 31.5 Å². The molecule has 0 atom stereocenters. The summed E-state index contributed by atoms with van der Waals surface area (Å²) in [7, 11) is 0. The Balaban J connectivity index is 0.000000491. The van der Waals surface area contributed by atoms with Gasteiger partial charge in [0.05, 0.1) is 0 Å². The van der Waals surface area contributed by atoms with Gasteiger partial charge < -0.3 is 20.4 Å². The molecule has 5 nitrogen and oxygen atoms in total. The molecule has 0 bridgehead atoms. The van der Waals surface area contributed by atoms with E-state index in [4.69, 9.17) is 15.0 Å². The third-order valence-corrected chi connectivity index (χ3v) is 2.79. The zero-order valence-corrected chi connectivity index (χ0v) is 11.7. The Kier molecular flexibility index (Phi) is 6.07. The van der Waals surface area contributed by atoms with Crippen LogP contribution in [0.15, 0.2) is 42.5 Å². The number of benzene rings is 2. The number of phenolic OH excluding ortho intramolecular Hbond substituents is 2. The van der Waals surface area contributed by atoms with Crippen molar-refractivity contribution in [3.63, 3.8) is 0 Å². The molecule has 112 valence electrons. The van der Waals surface area contributed by atoms with Crippen molar-refractivity contribution in [3.05, 3.63) is 48.0 Å². The van der Waals surface area contributed by atoms with E-state index in [-0.39, 0.29) is 5.75 Å². The number of carboxylic acid groups (broad SMARTS) is 2. The van der Waals surface area contributed by atoms with Gasteiger partial charge in [-0.15, -0.1) is 0 Å². The average molecular weight is 290 g/mol. The largest absolute Gasteiger partial charge is 0.508 e. The number of carbonyl (C=O) groups is 1. The molecule has 0 heterocycles. The minimum absolute atomic E-state index is 0.268. The first-order chi connectivity index (χ1) is 9.93. The molecular weight excluding hydrogens is 272 g/mol. The van der Waals surface area contributed by atoms with Gasteiger partial charge >= 0.3 is 6.16 Å². The van der Waals surface area contributed by atoms with Crippen LogP contribution in [0.2, 0.25) is 0 Å². The zero-order chi connectivity index (χ0) is 15.8. The SMILES string of the molecule is CCCc1cc(O)ccc1-c1ccc(O)cc1.O=C(O)O. The summed E-state index contributed by atoms with van der Waals surface area (Å²) in [4.78, 5) is 8.56. The maximum Gasteiger partial charge on any atom is 0.503 e. The second-order valence-corrected chi connectivity index (χ2v) is 4.42. The molecule has 0 fully saturated rings. The number of aromatic hydroxyl groups is 2. The van der Waals surface area contributed by atoms with Crippen LogP contribution in [-0.2, 0) is 6.42 Å². The van der Waals surface area contributed by atoms with Crippen LogP contribution in [0.4, 0.5) is 4.79 Å². The van der Waals surface area contributed by atoms with Gasteiger partial charge in [0.15, 0.2) is 0 Å². The van der Waals surface area contributed by atoms with Crippen molar-refractivity contribution in [3.8, 4) is 22.6 Å². The second-order valence-electron chi connectivity index (χ2n) is 4.42. The lowest BCUT2D eigenvalue weighted by Gasteiger charge is -2.09. The normalized spacial score (nSPS) is 9.57. The summed E-state index contributed by atoms with van der Waals surface area (Å²) in [5, 5.41) is 32.7. The molecule has 4 N–H and O–H groups in total. The zero-order valence-electron chi connectivity index (χ0n) is 11.7. The van der Waals surface area contributed by atoms with Gasteiger partial charge in [-0.2, -0.15) is 0 Å². The molecule has 5 heteroatoms. The predicted molar refractivity (Wildman–Crippen MR) is 79.9 cm³/mol. The van der Waals surface area contributed by atoms with Crippen LogP contribution < -0.4 is 0 Å². The van der Waals surface area contributed by atoms with E-state index in [0.29, 0.717) is 5.75 Å². The maximum absolute atomic E-state index is 9.52. The molecule has 0 saturated carbocycles. The lowest BCUT2D eigenvalue weighted by atomic mass is 9.96. The molecule has 0 spiro atoms. The molecule has 0 saturated heterocycles. The van der Waals surface area contributed by atoms with Gasteiger partial charge in [0.1, 0.15) is 11.5 Å². The summed E-state index contributed by atoms with van der Waals surface area (Å²) in [5.74, 6) is 0.570. The van der Waals surface area contributed by atoms with Gasteiger partial charge in [-0.05, 0) is 47.4 Å². The Morgan fingerprint density at radius 3 is 2.00 bits per heavy atom. The predicted octanol–water partition coefficient (Wildman–Crippen LogP) is 3.94. The van der Waals surface area contributed by atoms with Crippen molar-refractivity contribution in [2.24, 2.45) is 0 Å². The van der Waals surface area contributed by atoms with Gasteiger partial charge in [-0.25, -0.2) is 4.79 Å². The third-order valence-electron chi connectivity index (χ3n) is 2.79. The van der Waals surface area contributed by atoms with Crippen molar-refractivity contribution >= 4 is 6.16 Å². The lowest BCUT2D eigenvalue weighted by molar-refractivity contribution is 0.137. The quantitative estimate of drug-likeness (QED) is 0.686. The molecule has 0 amide bonds. The van der Waals surface area contributed by atoms with E-state index in [1.165, 1.54) is 0 Å². The van der Waals surface area contributed by atoms with Crippen LogP contribution in [0.25, 0.3) is 11.1 Å². The Morgan fingerprint density at radius 2 is 1.48 bits per heavy atom. The molecular formula is C16H18O5. The number of hydrogen-bond donors (Lipinski definition) is 4. The summed E-state index contributed by atoms with van der Waals surface area (Å²) >= 11 is 0. The van der Waals surface area contributed by atoms with Crippen molar-refractivity contribution in [1.29, 1.82) is 0 Å². The van der Waals surface area contributed by atoms with Gasteiger partial charge in [-0.3, -0.25) is 0 Å². The van der Waals surface area contributed by atoms with Gasteiger partial charge in [0.25, 0.3) is 0 Å². The number of rotatable bonds is 3. The van der Waals surface area contributed by atoms with Gasteiger partial charge in [0, 0.05) is 0 Å². The molecule has 0 unspecified atom stereocenters. The van der Waals surface area contributed by atoms with Crippen LogP contribution in [0.5, 0.6) is 11.5 Å². The minimum atomic E-state index is -1.83. The molecule has 0 aliphatic carbocycles. The Labute approximate surface area is 122 Å². The first-order valence-electron chi connectivity index (χ1n) is 6.47. The molecule has 21 heavy (non-hydrogen) atoms. The van der Waals surface area contributed by atoms with E-state index in [2.05, 4.69) is 6.92 Å². The van der Waals surface area contributed by atoms with Crippen LogP contribution in [-0.4, -0.2) is 26.6 Å². The summed E-state index contributed by atoms with van der Waals surface area (Å²) in [5.41, 5.74) is 3.31. The van der Waals surface area contributed by atoms with E-state index < -0.39 is 6.16 Å². The second kappa shape index (κ2) is 7.79.